The molecule has 0 aliphatic carbocycles. The van der Waals surface area contributed by atoms with E-state index in [1.54, 1.807) is 12.1 Å². The second-order valence-electron chi connectivity index (χ2n) is 13.1. The summed E-state index contributed by atoms with van der Waals surface area (Å²) in [5.74, 6) is -0.992. The third kappa shape index (κ3) is 20.4. The number of nitrogens with zero attached hydrogens (tertiary/aromatic N) is 1. The molecule has 1 aromatic rings. The Balaban J connectivity index is 2.78. The largest absolute Gasteiger partial charge is 0.366 e. The van der Waals surface area contributed by atoms with Gasteiger partial charge < -0.3 is 16.0 Å². The number of nitrogens with two attached hydrogens (primary N) is 1. The van der Waals surface area contributed by atoms with E-state index in [1.165, 1.54) is 122 Å². The first kappa shape index (κ1) is 40.7. The van der Waals surface area contributed by atoms with Crippen LogP contribution in [-0.2, 0) is 0 Å². The minimum atomic E-state index is -0.625. The highest BCUT2D eigenvalue weighted by Crippen LogP contribution is 2.17. The Hall–Kier alpha value is -2.37. The first-order valence-electron chi connectivity index (χ1n) is 19.0. The summed E-state index contributed by atoms with van der Waals surface area (Å²) in [6.45, 7) is 8.69. The molecular weight excluding hydrogens is 558 g/mol. The summed E-state index contributed by atoms with van der Waals surface area (Å²) in [5.41, 5.74) is 6.56. The highest BCUT2D eigenvalue weighted by molar-refractivity contribution is 6.04. The van der Waals surface area contributed by atoms with Gasteiger partial charge in [0, 0.05) is 36.3 Å². The average Bonchev–Trinajstić information content (AvgIpc) is 3.04. The van der Waals surface area contributed by atoms with Crippen LogP contribution in [0.2, 0.25) is 0 Å². The highest BCUT2D eigenvalue weighted by atomic mass is 16.2. The molecule has 6 heteroatoms. The number of hydrogen-bond acceptors (Lipinski definition) is 3. The van der Waals surface area contributed by atoms with E-state index in [-0.39, 0.29) is 17.4 Å². The third-order valence-corrected chi connectivity index (χ3v) is 8.89. The van der Waals surface area contributed by atoms with Crippen molar-refractivity contribution in [3.63, 3.8) is 0 Å². The van der Waals surface area contributed by atoms with E-state index in [0.29, 0.717) is 30.8 Å². The normalized spacial score (nSPS) is 11.1. The standard InChI is InChI=1S/C39H69N3O3/c1-4-7-10-13-16-19-22-25-28-41-38(44)35-31-34(37(40)43)32-36(33-35)39(45)42(29-26-23-20-17-14-11-8-5-2)30-27-24-21-18-15-12-9-6-3/h31-33H,4-30H2,1-3H3,(H2,40,43)(H,41,44). The molecule has 0 aromatic heterocycles. The zero-order chi connectivity index (χ0) is 33.0. The van der Waals surface area contributed by atoms with Gasteiger partial charge in [0.25, 0.3) is 11.8 Å². The number of amides is 3. The summed E-state index contributed by atoms with van der Waals surface area (Å²) < 4.78 is 0. The molecule has 0 unspecified atom stereocenters. The van der Waals surface area contributed by atoms with Gasteiger partial charge in [0.05, 0.1) is 0 Å². The Bertz CT molecular complexity index is 897. The molecule has 258 valence electrons. The van der Waals surface area contributed by atoms with Gasteiger partial charge in [-0.2, -0.15) is 0 Å². The van der Waals surface area contributed by atoms with Crippen LogP contribution in [0.5, 0.6) is 0 Å². The van der Waals surface area contributed by atoms with Gasteiger partial charge >= 0.3 is 0 Å². The van der Waals surface area contributed by atoms with Crippen LogP contribution in [0.25, 0.3) is 0 Å². The SMILES string of the molecule is CCCCCCCCCCNC(=O)c1cc(C(N)=O)cc(C(=O)N(CCCCCCCCCC)CCCCCCCCCC)c1. The van der Waals surface area contributed by atoms with E-state index in [1.807, 2.05) is 4.90 Å². The molecule has 6 nitrogen and oxygen atoms in total. The van der Waals surface area contributed by atoms with Crippen LogP contribution in [0, 0.1) is 0 Å². The van der Waals surface area contributed by atoms with Crippen molar-refractivity contribution >= 4 is 17.7 Å². The summed E-state index contributed by atoms with van der Waals surface area (Å²) >= 11 is 0. The van der Waals surface area contributed by atoms with Crippen LogP contribution in [-0.4, -0.2) is 42.3 Å². The Morgan fingerprint density at radius 2 is 0.867 bits per heavy atom. The number of nitrogens with one attached hydrogen (secondary N) is 1. The zero-order valence-corrected chi connectivity index (χ0v) is 29.6. The van der Waals surface area contributed by atoms with Gasteiger partial charge in [-0.25, -0.2) is 0 Å². The van der Waals surface area contributed by atoms with Crippen LogP contribution in [0.3, 0.4) is 0 Å². The molecule has 0 fully saturated rings. The first-order chi connectivity index (χ1) is 21.9. The van der Waals surface area contributed by atoms with E-state index in [0.717, 1.165) is 38.5 Å². The molecule has 0 heterocycles. The van der Waals surface area contributed by atoms with Crippen LogP contribution in [0.1, 0.15) is 206 Å². The predicted molar refractivity (Wildman–Crippen MR) is 191 cm³/mol. The van der Waals surface area contributed by atoms with Gasteiger partial charge in [-0.15, -0.1) is 0 Å². The summed E-state index contributed by atoms with van der Waals surface area (Å²) in [5, 5.41) is 2.99. The van der Waals surface area contributed by atoms with Crippen molar-refractivity contribution in [1.29, 1.82) is 0 Å². The molecule has 1 aromatic carbocycles. The van der Waals surface area contributed by atoms with Crippen molar-refractivity contribution < 1.29 is 14.4 Å². The van der Waals surface area contributed by atoms with Crippen LogP contribution < -0.4 is 11.1 Å². The lowest BCUT2D eigenvalue weighted by Gasteiger charge is -2.23. The maximum absolute atomic E-state index is 13.8. The molecule has 0 radical (unpaired) electrons. The first-order valence-corrected chi connectivity index (χ1v) is 19.0. The maximum Gasteiger partial charge on any atom is 0.253 e. The molecule has 0 aliphatic rings. The molecule has 0 bridgehead atoms. The Morgan fingerprint density at radius 1 is 0.511 bits per heavy atom. The molecule has 0 aliphatic heterocycles. The average molecular weight is 628 g/mol. The maximum atomic E-state index is 13.8. The molecule has 45 heavy (non-hydrogen) atoms. The lowest BCUT2D eigenvalue weighted by atomic mass is 10.0. The lowest BCUT2D eigenvalue weighted by molar-refractivity contribution is 0.0749. The van der Waals surface area contributed by atoms with Crippen molar-refractivity contribution in [3.8, 4) is 0 Å². The summed E-state index contributed by atoms with van der Waals surface area (Å²) in [7, 11) is 0. The number of benzene rings is 1. The monoisotopic (exact) mass is 628 g/mol. The molecule has 3 amide bonds. The van der Waals surface area contributed by atoms with Gasteiger partial charge in [0.15, 0.2) is 0 Å². The van der Waals surface area contributed by atoms with E-state index in [4.69, 9.17) is 5.73 Å². The van der Waals surface area contributed by atoms with Gasteiger partial charge in [0.2, 0.25) is 5.91 Å². The van der Waals surface area contributed by atoms with Crippen LogP contribution >= 0.6 is 0 Å². The van der Waals surface area contributed by atoms with Crippen molar-refractivity contribution in [2.24, 2.45) is 5.73 Å². The summed E-state index contributed by atoms with van der Waals surface area (Å²) in [4.78, 5) is 41.0. The molecule has 3 N–H and O–H groups in total. The second kappa shape index (κ2) is 27.9. The number of hydrogen-bond donors (Lipinski definition) is 2. The highest BCUT2D eigenvalue weighted by Gasteiger charge is 2.20. The van der Waals surface area contributed by atoms with Crippen molar-refractivity contribution in [1.82, 2.24) is 10.2 Å². The predicted octanol–water partition coefficient (Wildman–Crippen LogP) is 10.4. The molecular formula is C39H69N3O3. The number of rotatable bonds is 30. The zero-order valence-electron chi connectivity index (χ0n) is 29.6. The van der Waals surface area contributed by atoms with Gasteiger partial charge in [-0.3, -0.25) is 14.4 Å². The molecule has 0 saturated carbocycles. The number of carbonyl (C=O) groups excluding carboxylic acids is 3. The Morgan fingerprint density at radius 3 is 1.29 bits per heavy atom. The fourth-order valence-corrected chi connectivity index (χ4v) is 5.96. The third-order valence-electron chi connectivity index (χ3n) is 8.89. The minimum absolute atomic E-state index is 0.110. The number of primary amides is 1. The van der Waals surface area contributed by atoms with Gasteiger partial charge in [0.1, 0.15) is 0 Å². The Kier molecular flexibility index (Phi) is 25.2. The molecule has 0 atom stereocenters. The Labute approximate surface area is 277 Å². The fraction of sp³-hybridized carbons (Fsp3) is 0.769. The summed E-state index contributed by atoms with van der Waals surface area (Å²) in [6.07, 6.45) is 29.0. The van der Waals surface area contributed by atoms with Gasteiger partial charge in [-0.1, -0.05) is 156 Å². The fourth-order valence-electron chi connectivity index (χ4n) is 5.96. The lowest BCUT2D eigenvalue weighted by Crippen LogP contribution is -2.34. The second-order valence-corrected chi connectivity index (χ2v) is 13.1. The van der Waals surface area contributed by atoms with E-state index < -0.39 is 5.91 Å². The molecule has 0 saturated heterocycles. The smallest absolute Gasteiger partial charge is 0.253 e. The van der Waals surface area contributed by atoms with E-state index in [2.05, 4.69) is 26.1 Å². The van der Waals surface area contributed by atoms with E-state index in [9.17, 15) is 14.4 Å². The molecule has 0 spiro atoms. The number of unbranched alkanes of at least 4 members (excludes halogenated alkanes) is 21. The topological polar surface area (TPSA) is 92.5 Å². The molecule has 1 rings (SSSR count). The number of carbonyl (C=O) groups is 3. The van der Waals surface area contributed by atoms with E-state index >= 15 is 0 Å². The van der Waals surface area contributed by atoms with Crippen LogP contribution in [0.4, 0.5) is 0 Å². The quantitative estimate of drug-likeness (QED) is 0.0831. The van der Waals surface area contributed by atoms with Crippen LogP contribution in [0.15, 0.2) is 18.2 Å². The van der Waals surface area contributed by atoms with Crippen molar-refractivity contribution in [3.05, 3.63) is 34.9 Å². The minimum Gasteiger partial charge on any atom is -0.366 e. The van der Waals surface area contributed by atoms with Gasteiger partial charge in [-0.05, 0) is 37.5 Å². The van der Waals surface area contributed by atoms with Crippen molar-refractivity contribution in [2.45, 2.75) is 175 Å². The van der Waals surface area contributed by atoms with Crippen molar-refractivity contribution in [2.75, 3.05) is 19.6 Å². The summed E-state index contributed by atoms with van der Waals surface area (Å²) in [6, 6.07) is 4.73.